The first kappa shape index (κ1) is 11.9. The fourth-order valence-corrected chi connectivity index (χ4v) is 2.02. The molecule has 0 amide bonds. The van der Waals surface area contributed by atoms with E-state index in [1.54, 1.807) is 0 Å². The summed E-state index contributed by atoms with van der Waals surface area (Å²) in [5, 5.41) is 0. The monoisotopic (exact) mass is 252 g/mol. The largest absolute Gasteiger partial charge is 0.422 e. The van der Waals surface area contributed by atoms with Crippen LogP contribution in [0.5, 0.6) is 0 Å². The lowest BCUT2D eigenvalue weighted by molar-refractivity contribution is 0.494. The molecule has 0 aliphatic rings. The maximum absolute atomic E-state index is 5.69. The normalized spacial score (nSPS) is 11.3. The molecule has 2 heterocycles. The second kappa shape index (κ2) is 4.84. The summed E-state index contributed by atoms with van der Waals surface area (Å²) >= 11 is 0. The molecule has 3 aromatic rings. The van der Waals surface area contributed by atoms with Crippen LogP contribution in [0.3, 0.4) is 0 Å². The third-order valence-corrected chi connectivity index (χ3v) is 3.05. The second-order valence-electron chi connectivity index (χ2n) is 5.00. The van der Waals surface area contributed by atoms with Crippen molar-refractivity contribution in [3.63, 3.8) is 0 Å². The highest BCUT2D eigenvalue weighted by molar-refractivity contribution is 5.68. The summed E-state index contributed by atoms with van der Waals surface area (Å²) < 4.78 is 5.69. The number of benzene rings is 1. The molecule has 3 rings (SSSR count). The van der Waals surface area contributed by atoms with Gasteiger partial charge in [-0.3, -0.25) is 0 Å². The van der Waals surface area contributed by atoms with Crippen LogP contribution in [0.15, 0.2) is 46.9 Å². The van der Waals surface area contributed by atoms with Gasteiger partial charge in [0.1, 0.15) is 5.52 Å². The van der Waals surface area contributed by atoms with Gasteiger partial charge in [0.15, 0.2) is 5.89 Å². The first-order valence-electron chi connectivity index (χ1n) is 6.52. The Balaban J connectivity index is 1.93. The molecular weight excluding hydrogens is 236 g/mol. The van der Waals surface area contributed by atoms with E-state index in [-0.39, 0.29) is 5.92 Å². The van der Waals surface area contributed by atoms with Crippen molar-refractivity contribution in [3.8, 4) is 0 Å². The van der Waals surface area contributed by atoms with E-state index in [2.05, 4.69) is 35.9 Å². The molecule has 0 N–H and O–H groups in total. The lowest BCUT2D eigenvalue weighted by atomic mass is 10.1. The number of rotatable bonds is 3. The minimum absolute atomic E-state index is 0.284. The Kier molecular flexibility index (Phi) is 3.03. The Bertz CT molecular complexity index is 686. The fourth-order valence-electron chi connectivity index (χ4n) is 2.02. The molecule has 0 saturated heterocycles. The van der Waals surface area contributed by atoms with Crippen molar-refractivity contribution in [1.29, 1.82) is 0 Å². The topological polar surface area (TPSA) is 38.9 Å². The number of oxazole rings is 1. The Hall–Kier alpha value is -2.16. The van der Waals surface area contributed by atoms with Crippen molar-refractivity contribution in [2.24, 2.45) is 0 Å². The molecule has 0 bridgehead atoms. The van der Waals surface area contributed by atoms with E-state index in [1.165, 1.54) is 5.56 Å². The number of fused-ring (bicyclic) bond motifs is 1. The second-order valence-corrected chi connectivity index (χ2v) is 5.00. The van der Waals surface area contributed by atoms with Gasteiger partial charge in [0.2, 0.25) is 5.71 Å². The van der Waals surface area contributed by atoms with Crippen LogP contribution in [0.25, 0.3) is 11.2 Å². The van der Waals surface area contributed by atoms with Crippen LogP contribution >= 0.6 is 0 Å². The maximum atomic E-state index is 5.69. The van der Waals surface area contributed by atoms with E-state index in [0.29, 0.717) is 5.71 Å². The van der Waals surface area contributed by atoms with Crippen LogP contribution in [0, 0.1) is 0 Å². The summed E-state index contributed by atoms with van der Waals surface area (Å²) in [7, 11) is 0. The molecule has 0 fully saturated rings. The fraction of sp³-hybridized carbons (Fsp3) is 0.250. The van der Waals surface area contributed by atoms with Crippen LogP contribution in [0.4, 0.5) is 0 Å². The quantitative estimate of drug-likeness (QED) is 0.708. The van der Waals surface area contributed by atoms with E-state index in [0.717, 1.165) is 23.5 Å². The van der Waals surface area contributed by atoms with Crippen LogP contribution in [-0.2, 0) is 6.42 Å². The molecule has 3 nitrogen and oxygen atoms in total. The van der Waals surface area contributed by atoms with E-state index in [1.807, 2.05) is 30.3 Å². The molecule has 19 heavy (non-hydrogen) atoms. The Morgan fingerprint density at radius 1 is 1.00 bits per heavy atom. The highest BCUT2D eigenvalue weighted by Crippen LogP contribution is 2.20. The summed E-state index contributed by atoms with van der Waals surface area (Å²) in [4.78, 5) is 8.98. The molecule has 96 valence electrons. The Labute approximate surface area is 112 Å². The van der Waals surface area contributed by atoms with Crippen LogP contribution < -0.4 is 0 Å². The Morgan fingerprint density at radius 3 is 2.53 bits per heavy atom. The summed E-state index contributed by atoms with van der Waals surface area (Å²) in [5.41, 5.74) is 3.72. The molecule has 1 aromatic carbocycles. The van der Waals surface area contributed by atoms with Crippen LogP contribution in [0.2, 0.25) is 0 Å². The van der Waals surface area contributed by atoms with Gasteiger partial charge >= 0.3 is 0 Å². The number of hydrogen-bond donors (Lipinski definition) is 0. The van der Waals surface area contributed by atoms with E-state index in [9.17, 15) is 0 Å². The van der Waals surface area contributed by atoms with Crippen LogP contribution in [0.1, 0.15) is 36.9 Å². The third-order valence-electron chi connectivity index (χ3n) is 3.05. The minimum Gasteiger partial charge on any atom is -0.422 e. The average Bonchev–Trinajstić information content (AvgIpc) is 2.83. The molecule has 0 radical (unpaired) electrons. The average molecular weight is 252 g/mol. The SMILES string of the molecule is CC(C)c1nc2ccc(Cc3ccccc3)nc2o1. The third kappa shape index (κ3) is 2.50. The first-order valence-corrected chi connectivity index (χ1v) is 6.52. The van der Waals surface area contributed by atoms with Crippen molar-refractivity contribution in [1.82, 2.24) is 9.97 Å². The summed E-state index contributed by atoms with van der Waals surface area (Å²) in [6.07, 6.45) is 0.814. The number of hydrogen-bond acceptors (Lipinski definition) is 3. The molecule has 0 aliphatic heterocycles. The number of nitrogens with zero attached hydrogens (tertiary/aromatic N) is 2. The van der Waals surface area contributed by atoms with Crippen LogP contribution in [-0.4, -0.2) is 9.97 Å². The summed E-state index contributed by atoms with van der Waals surface area (Å²) in [6.45, 7) is 4.13. The molecule has 0 unspecified atom stereocenters. The smallest absolute Gasteiger partial charge is 0.247 e. The zero-order valence-corrected chi connectivity index (χ0v) is 11.1. The van der Waals surface area contributed by atoms with Gasteiger partial charge in [-0.1, -0.05) is 44.2 Å². The zero-order valence-electron chi connectivity index (χ0n) is 11.1. The van der Waals surface area contributed by atoms with Gasteiger partial charge in [-0.25, -0.2) is 9.97 Å². The first-order chi connectivity index (χ1) is 9.22. The maximum Gasteiger partial charge on any atom is 0.247 e. The predicted octanol–water partition coefficient (Wildman–Crippen LogP) is 3.94. The molecule has 0 saturated carbocycles. The standard InChI is InChI=1S/C16H16N2O/c1-11(2)15-18-14-9-8-13(17-16(14)19-15)10-12-6-4-3-5-7-12/h3-9,11H,10H2,1-2H3. The van der Waals surface area contributed by atoms with Crippen molar-refractivity contribution < 1.29 is 4.42 Å². The predicted molar refractivity (Wildman–Crippen MR) is 75.1 cm³/mol. The summed E-state index contributed by atoms with van der Waals surface area (Å²) in [6, 6.07) is 14.3. The van der Waals surface area contributed by atoms with Crippen molar-refractivity contribution in [3.05, 3.63) is 59.6 Å². The van der Waals surface area contributed by atoms with Gasteiger partial charge in [-0.2, -0.15) is 0 Å². The van der Waals surface area contributed by atoms with Gasteiger partial charge in [0.25, 0.3) is 0 Å². The van der Waals surface area contributed by atoms with Crippen molar-refractivity contribution >= 4 is 11.2 Å². The molecule has 0 atom stereocenters. The van der Waals surface area contributed by atoms with E-state index < -0.39 is 0 Å². The molecule has 2 aromatic heterocycles. The van der Waals surface area contributed by atoms with Gasteiger partial charge in [0, 0.05) is 18.0 Å². The molecule has 0 spiro atoms. The van der Waals surface area contributed by atoms with Gasteiger partial charge < -0.3 is 4.42 Å². The molecule has 0 aliphatic carbocycles. The Morgan fingerprint density at radius 2 is 1.79 bits per heavy atom. The lowest BCUT2D eigenvalue weighted by Crippen LogP contribution is -1.91. The van der Waals surface area contributed by atoms with Gasteiger partial charge in [-0.15, -0.1) is 0 Å². The van der Waals surface area contributed by atoms with Gasteiger partial charge in [0.05, 0.1) is 0 Å². The van der Waals surface area contributed by atoms with E-state index >= 15 is 0 Å². The summed E-state index contributed by atoms with van der Waals surface area (Å²) in [5.74, 6) is 1.03. The highest BCUT2D eigenvalue weighted by Gasteiger charge is 2.10. The molecular formula is C16H16N2O. The lowest BCUT2D eigenvalue weighted by Gasteiger charge is -1.99. The van der Waals surface area contributed by atoms with Gasteiger partial charge in [-0.05, 0) is 17.7 Å². The number of aromatic nitrogens is 2. The molecule has 3 heteroatoms. The van der Waals surface area contributed by atoms with Crippen molar-refractivity contribution in [2.75, 3.05) is 0 Å². The zero-order chi connectivity index (χ0) is 13.2. The highest BCUT2D eigenvalue weighted by atomic mass is 16.4. The number of pyridine rings is 1. The minimum atomic E-state index is 0.284. The van der Waals surface area contributed by atoms with E-state index in [4.69, 9.17) is 4.42 Å². The van der Waals surface area contributed by atoms with Crippen molar-refractivity contribution in [2.45, 2.75) is 26.2 Å².